The predicted octanol–water partition coefficient (Wildman–Crippen LogP) is 3.91. The predicted molar refractivity (Wildman–Crippen MR) is 129 cm³/mol. The first kappa shape index (κ1) is 26.0. The van der Waals surface area contributed by atoms with Gasteiger partial charge in [-0.15, -0.1) is 0 Å². The second-order valence-corrected chi connectivity index (χ2v) is 9.59. The van der Waals surface area contributed by atoms with Crippen molar-refractivity contribution in [2.75, 3.05) is 26.9 Å². The van der Waals surface area contributed by atoms with Crippen LogP contribution in [0.5, 0.6) is 0 Å². The van der Waals surface area contributed by atoms with Crippen LogP contribution in [0.2, 0.25) is 0 Å². The lowest BCUT2D eigenvalue weighted by Crippen LogP contribution is -2.60. The maximum atomic E-state index is 12.8. The lowest BCUT2D eigenvalue weighted by Gasteiger charge is -2.33. The Bertz CT molecular complexity index is 1030. The van der Waals surface area contributed by atoms with E-state index in [2.05, 4.69) is 10.6 Å². The number of ether oxygens (including phenoxy) is 3. The second-order valence-electron chi connectivity index (χ2n) is 9.59. The number of hydrogen-bond acceptors (Lipinski definition) is 6. The highest BCUT2D eigenvalue weighted by Gasteiger charge is 2.37. The highest BCUT2D eigenvalue weighted by molar-refractivity contribution is 5.79. The van der Waals surface area contributed by atoms with E-state index in [1.54, 1.807) is 20.8 Å². The average Bonchev–Trinajstić information content (AvgIpc) is 3.09. The molecule has 1 aliphatic rings. The van der Waals surface area contributed by atoms with Crippen molar-refractivity contribution < 1.29 is 33.7 Å². The zero-order valence-corrected chi connectivity index (χ0v) is 20.4. The topological polar surface area (TPSA) is 123 Å². The van der Waals surface area contributed by atoms with Crippen molar-refractivity contribution in [3.8, 4) is 11.1 Å². The third-order valence-electron chi connectivity index (χ3n) is 5.59. The summed E-state index contributed by atoms with van der Waals surface area (Å²) in [6, 6.07) is 15.9. The molecule has 9 nitrogen and oxygen atoms in total. The van der Waals surface area contributed by atoms with Gasteiger partial charge < -0.3 is 30.0 Å². The summed E-state index contributed by atoms with van der Waals surface area (Å²) in [5, 5.41) is 14.6. The maximum Gasteiger partial charge on any atom is 0.407 e. The number of carbonyl (C=O) groups excluding carboxylic acids is 2. The summed E-state index contributed by atoms with van der Waals surface area (Å²) in [4.78, 5) is 36.6. The van der Waals surface area contributed by atoms with Crippen LogP contribution in [-0.4, -0.2) is 61.3 Å². The molecule has 188 valence electrons. The Balaban J connectivity index is 1.71. The van der Waals surface area contributed by atoms with Crippen molar-refractivity contribution in [2.24, 2.45) is 0 Å². The number of aliphatic carboxylic acids is 1. The molecule has 2 aromatic rings. The van der Waals surface area contributed by atoms with E-state index in [0.29, 0.717) is 0 Å². The molecule has 0 fully saturated rings. The summed E-state index contributed by atoms with van der Waals surface area (Å²) in [7, 11) is 1.38. The Labute approximate surface area is 204 Å². The van der Waals surface area contributed by atoms with Crippen LogP contribution in [0, 0.1) is 0 Å². The third-order valence-corrected chi connectivity index (χ3v) is 5.59. The number of rotatable bonds is 9. The van der Waals surface area contributed by atoms with Gasteiger partial charge in [-0.2, -0.15) is 0 Å². The SMILES string of the molecule is COCC(CNC(=O)OC(C)(C)C)(CC(=O)O)NC(=O)OCC1c2ccccc2-c2ccccc21. The van der Waals surface area contributed by atoms with E-state index in [9.17, 15) is 19.5 Å². The molecule has 2 amide bonds. The molecule has 3 N–H and O–H groups in total. The van der Waals surface area contributed by atoms with Crippen LogP contribution in [0.4, 0.5) is 9.59 Å². The van der Waals surface area contributed by atoms with Crippen LogP contribution in [0.15, 0.2) is 48.5 Å². The molecule has 1 atom stereocenters. The molecule has 0 aliphatic heterocycles. The summed E-state index contributed by atoms with van der Waals surface area (Å²) in [6.45, 7) is 4.80. The van der Waals surface area contributed by atoms with E-state index >= 15 is 0 Å². The van der Waals surface area contributed by atoms with Gasteiger partial charge in [-0.1, -0.05) is 48.5 Å². The van der Waals surface area contributed by atoms with E-state index in [4.69, 9.17) is 14.2 Å². The van der Waals surface area contributed by atoms with Gasteiger partial charge in [0.2, 0.25) is 0 Å². The maximum absolute atomic E-state index is 12.8. The van der Waals surface area contributed by atoms with E-state index in [-0.39, 0.29) is 25.7 Å². The molecule has 0 bridgehead atoms. The number of carboxylic acid groups (broad SMARTS) is 1. The molecule has 35 heavy (non-hydrogen) atoms. The van der Waals surface area contributed by atoms with Crippen LogP contribution in [0.1, 0.15) is 44.2 Å². The van der Waals surface area contributed by atoms with Crippen molar-refractivity contribution in [1.29, 1.82) is 0 Å². The Morgan fingerprint density at radius 2 is 1.51 bits per heavy atom. The van der Waals surface area contributed by atoms with Crippen LogP contribution in [-0.2, 0) is 19.0 Å². The van der Waals surface area contributed by atoms with Crippen LogP contribution < -0.4 is 10.6 Å². The number of benzene rings is 2. The fourth-order valence-corrected chi connectivity index (χ4v) is 4.26. The van der Waals surface area contributed by atoms with Crippen molar-refractivity contribution in [3.05, 3.63) is 59.7 Å². The lowest BCUT2D eigenvalue weighted by atomic mass is 9.96. The van der Waals surface area contributed by atoms with E-state index in [0.717, 1.165) is 22.3 Å². The highest BCUT2D eigenvalue weighted by atomic mass is 16.6. The van der Waals surface area contributed by atoms with Gasteiger partial charge in [0.25, 0.3) is 0 Å². The van der Waals surface area contributed by atoms with Crippen molar-refractivity contribution in [1.82, 2.24) is 10.6 Å². The molecule has 2 aromatic carbocycles. The van der Waals surface area contributed by atoms with E-state index < -0.39 is 35.7 Å². The van der Waals surface area contributed by atoms with E-state index in [1.807, 2.05) is 48.5 Å². The molecular weight excluding hydrogens is 452 g/mol. The third kappa shape index (κ3) is 6.73. The van der Waals surface area contributed by atoms with Gasteiger partial charge in [0.1, 0.15) is 12.2 Å². The molecule has 0 aromatic heterocycles. The number of fused-ring (bicyclic) bond motifs is 3. The molecule has 1 aliphatic carbocycles. The quantitative estimate of drug-likeness (QED) is 0.493. The molecule has 0 spiro atoms. The zero-order chi connectivity index (χ0) is 25.6. The van der Waals surface area contributed by atoms with Crippen molar-refractivity contribution in [3.63, 3.8) is 0 Å². The van der Waals surface area contributed by atoms with Gasteiger partial charge in [0, 0.05) is 19.6 Å². The minimum Gasteiger partial charge on any atom is -0.481 e. The summed E-state index contributed by atoms with van der Waals surface area (Å²) in [5.41, 5.74) is 2.13. The molecule has 3 rings (SSSR count). The van der Waals surface area contributed by atoms with E-state index in [1.165, 1.54) is 7.11 Å². The van der Waals surface area contributed by atoms with Crippen molar-refractivity contribution in [2.45, 2.75) is 44.2 Å². The molecule has 0 heterocycles. The van der Waals surface area contributed by atoms with Crippen molar-refractivity contribution >= 4 is 18.2 Å². The summed E-state index contributed by atoms with van der Waals surface area (Å²) in [5.74, 6) is -1.32. The van der Waals surface area contributed by atoms with Crippen LogP contribution in [0.3, 0.4) is 0 Å². The normalized spacial score (nSPS) is 14.3. The summed E-state index contributed by atoms with van der Waals surface area (Å²) < 4.78 is 16.0. The first-order valence-corrected chi connectivity index (χ1v) is 11.3. The van der Waals surface area contributed by atoms with Crippen LogP contribution >= 0.6 is 0 Å². The molecule has 0 saturated heterocycles. The molecule has 1 unspecified atom stereocenters. The number of methoxy groups -OCH3 is 1. The number of carboxylic acids is 1. The molecule has 9 heteroatoms. The summed E-state index contributed by atoms with van der Waals surface area (Å²) in [6.07, 6.45) is -2.05. The highest BCUT2D eigenvalue weighted by Crippen LogP contribution is 2.44. The van der Waals surface area contributed by atoms with Gasteiger partial charge in [-0.05, 0) is 43.0 Å². The monoisotopic (exact) mass is 484 g/mol. The largest absolute Gasteiger partial charge is 0.481 e. The second kappa shape index (κ2) is 10.8. The average molecular weight is 485 g/mol. The number of amides is 2. The molecule has 0 radical (unpaired) electrons. The Kier molecular flexibility index (Phi) is 8.01. The minimum atomic E-state index is -1.44. The van der Waals surface area contributed by atoms with Gasteiger partial charge in [0.15, 0.2) is 0 Å². The van der Waals surface area contributed by atoms with Gasteiger partial charge >= 0.3 is 18.2 Å². The van der Waals surface area contributed by atoms with Gasteiger partial charge in [0.05, 0.1) is 18.6 Å². The minimum absolute atomic E-state index is 0.0650. The van der Waals surface area contributed by atoms with Crippen LogP contribution in [0.25, 0.3) is 11.1 Å². The van der Waals surface area contributed by atoms with Gasteiger partial charge in [-0.3, -0.25) is 4.79 Å². The molecule has 0 saturated carbocycles. The first-order chi connectivity index (χ1) is 16.5. The Morgan fingerprint density at radius 3 is 2.03 bits per heavy atom. The standard InChI is InChI=1S/C26H32N2O7/c1-25(2,3)35-23(31)27-15-26(16-33-4,13-22(29)30)28-24(32)34-14-21-19-11-7-5-9-17(19)18-10-6-8-12-20(18)21/h5-12,21H,13-16H2,1-4H3,(H,27,31)(H,28,32)(H,29,30). The fourth-order valence-electron chi connectivity index (χ4n) is 4.26. The zero-order valence-electron chi connectivity index (χ0n) is 20.4. The number of hydrogen-bond donors (Lipinski definition) is 3. The number of alkyl carbamates (subject to hydrolysis) is 2. The molecular formula is C26H32N2O7. The Morgan fingerprint density at radius 1 is 0.943 bits per heavy atom. The Hall–Kier alpha value is -3.59. The van der Waals surface area contributed by atoms with Gasteiger partial charge in [-0.25, -0.2) is 9.59 Å². The smallest absolute Gasteiger partial charge is 0.407 e. The number of nitrogens with one attached hydrogen (secondary N) is 2. The fraction of sp³-hybridized carbons (Fsp3) is 0.423. The summed E-state index contributed by atoms with van der Waals surface area (Å²) >= 11 is 0. The first-order valence-electron chi connectivity index (χ1n) is 11.3. The number of carbonyl (C=O) groups is 3. The lowest BCUT2D eigenvalue weighted by molar-refractivity contribution is -0.139.